The highest BCUT2D eigenvalue weighted by molar-refractivity contribution is 5.93. The highest BCUT2D eigenvalue weighted by atomic mass is 16.5. The molecule has 0 radical (unpaired) electrons. The second kappa shape index (κ2) is 8.35. The number of nitrogens with zero attached hydrogens (tertiary/aromatic N) is 4. The van der Waals surface area contributed by atoms with Crippen LogP contribution in [0.25, 0.3) is 0 Å². The number of esters is 1. The number of carbonyl (C=O) groups is 1. The Bertz CT molecular complexity index is 1080. The monoisotopic (exact) mass is 436 g/mol. The van der Waals surface area contributed by atoms with Gasteiger partial charge in [0.05, 0.1) is 17.4 Å². The summed E-state index contributed by atoms with van der Waals surface area (Å²) in [5, 5.41) is 4.17. The molecule has 1 spiro atoms. The fraction of sp³-hybridized carbons (Fsp3) is 0.560. The van der Waals surface area contributed by atoms with Crippen molar-refractivity contribution in [2.45, 2.75) is 45.6 Å². The Morgan fingerprint density at radius 2 is 1.78 bits per heavy atom. The van der Waals surface area contributed by atoms with E-state index in [1.54, 1.807) is 13.1 Å². The number of carbonyl (C=O) groups excluding carboxylic acids is 1. The van der Waals surface area contributed by atoms with Crippen molar-refractivity contribution in [3.63, 3.8) is 0 Å². The van der Waals surface area contributed by atoms with Crippen LogP contribution in [0.2, 0.25) is 0 Å². The number of aromatic nitrogens is 2. The summed E-state index contributed by atoms with van der Waals surface area (Å²) in [6.07, 6.45) is 7.71. The predicted molar refractivity (Wildman–Crippen MR) is 123 cm³/mol. The van der Waals surface area contributed by atoms with Gasteiger partial charge in [-0.15, -0.1) is 0 Å². The van der Waals surface area contributed by atoms with Crippen molar-refractivity contribution in [2.24, 2.45) is 12.5 Å². The molecule has 7 nitrogen and oxygen atoms in total. The van der Waals surface area contributed by atoms with E-state index in [2.05, 4.69) is 27.9 Å². The molecule has 5 rings (SSSR count). The van der Waals surface area contributed by atoms with Crippen molar-refractivity contribution in [3.8, 4) is 0 Å². The number of fused-ring (bicyclic) bond motifs is 1. The van der Waals surface area contributed by atoms with Gasteiger partial charge in [0.2, 0.25) is 0 Å². The molecule has 0 saturated carbocycles. The molecule has 3 aliphatic heterocycles. The van der Waals surface area contributed by atoms with Gasteiger partial charge < -0.3 is 14.5 Å². The van der Waals surface area contributed by atoms with Gasteiger partial charge in [-0.1, -0.05) is 6.07 Å². The maximum Gasteiger partial charge on any atom is 0.338 e. The van der Waals surface area contributed by atoms with E-state index in [0.717, 1.165) is 56.0 Å². The molecule has 0 unspecified atom stereocenters. The lowest BCUT2D eigenvalue weighted by molar-refractivity contribution is 0.0535. The molecule has 0 amide bonds. The summed E-state index contributed by atoms with van der Waals surface area (Å²) in [4.78, 5) is 28.6. The second-order valence-electron chi connectivity index (χ2n) is 9.71. The number of ether oxygens (including phenoxy) is 1. The minimum absolute atomic E-state index is 0.0474. The number of hydrogen-bond donors (Lipinski definition) is 0. The van der Waals surface area contributed by atoms with Crippen LogP contribution in [0.5, 0.6) is 0 Å². The third-order valence-corrected chi connectivity index (χ3v) is 8.04. The molecule has 170 valence electrons. The lowest BCUT2D eigenvalue weighted by Crippen LogP contribution is -2.47. The zero-order valence-corrected chi connectivity index (χ0v) is 19.1. The van der Waals surface area contributed by atoms with Gasteiger partial charge in [0, 0.05) is 38.3 Å². The zero-order valence-electron chi connectivity index (χ0n) is 19.1. The fourth-order valence-electron chi connectivity index (χ4n) is 5.57. The van der Waals surface area contributed by atoms with Crippen LogP contribution in [0.3, 0.4) is 0 Å². The van der Waals surface area contributed by atoms with Gasteiger partial charge in [-0.2, -0.15) is 5.10 Å². The van der Waals surface area contributed by atoms with Gasteiger partial charge >= 0.3 is 5.97 Å². The third-order valence-electron chi connectivity index (χ3n) is 8.04. The number of cyclic esters (lactones) is 1. The van der Waals surface area contributed by atoms with Crippen LogP contribution >= 0.6 is 0 Å². The van der Waals surface area contributed by atoms with E-state index >= 15 is 0 Å². The van der Waals surface area contributed by atoms with Crippen LogP contribution < -0.4 is 10.5 Å². The molecular formula is C25H32N4O3. The predicted octanol–water partition coefficient (Wildman–Crippen LogP) is 2.68. The maximum absolute atomic E-state index is 11.9. The molecule has 0 N–H and O–H groups in total. The molecule has 0 bridgehead atoms. The van der Waals surface area contributed by atoms with Gasteiger partial charge in [-0.05, 0) is 74.7 Å². The fourth-order valence-corrected chi connectivity index (χ4v) is 5.57. The van der Waals surface area contributed by atoms with E-state index in [1.165, 1.54) is 41.5 Å². The number of anilines is 1. The molecular weight excluding hydrogens is 404 g/mol. The first-order valence-electron chi connectivity index (χ1n) is 11.7. The van der Waals surface area contributed by atoms with Gasteiger partial charge in [0.25, 0.3) is 5.56 Å². The normalized spacial score (nSPS) is 20.4. The van der Waals surface area contributed by atoms with Crippen molar-refractivity contribution >= 4 is 11.7 Å². The number of likely N-dealkylation sites (tertiary alicyclic amines) is 1. The first-order valence-corrected chi connectivity index (χ1v) is 11.7. The molecule has 2 fully saturated rings. The van der Waals surface area contributed by atoms with Crippen molar-refractivity contribution in [1.29, 1.82) is 0 Å². The van der Waals surface area contributed by atoms with Crippen molar-refractivity contribution in [1.82, 2.24) is 14.7 Å². The molecule has 2 saturated heterocycles. The van der Waals surface area contributed by atoms with Crippen molar-refractivity contribution in [3.05, 3.63) is 57.0 Å². The quantitative estimate of drug-likeness (QED) is 0.687. The highest BCUT2D eigenvalue weighted by Gasteiger charge is 2.37. The third kappa shape index (κ3) is 3.94. The molecule has 0 atom stereocenters. The lowest BCUT2D eigenvalue weighted by atomic mass is 9.71. The lowest BCUT2D eigenvalue weighted by Gasteiger charge is -2.47. The Morgan fingerprint density at radius 1 is 1.06 bits per heavy atom. The molecule has 4 heterocycles. The number of hydrogen-bond acceptors (Lipinski definition) is 6. The van der Waals surface area contributed by atoms with Crippen LogP contribution in [0.1, 0.15) is 52.7 Å². The van der Waals surface area contributed by atoms with Crippen LogP contribution in [-0.2, 0) is 24.8 Å². The standard InChI is InChI=1S/C25H32N4O3/c1-18-19(3-4-21-22(18)17-32-24(21)31)5-10-28-11-6-25(7-12-28)8-13-29(14-9-25)20-15-23(30)27(2)26-16-20/h3-4,15-16H,5-14,17H2,1-2H3. The molecule has 3 aliphatic rings. The molecule has 1 aromatic carbocycles. The summed E-state index contributed by atoms with van der Waals surface area (Å²) in [5.74, 6) is -0.187. The minimum Gasteiger partial charge on any atom is -0.457 e. The molecule has 2 aromatic rings. The summed E-state index contributed by atoms with van der Waals surface area (Å²) in [6, 6.07) is 5.74. The molecule has 0 aliphatic carbocycles. The van der Waals surface area contributed by atoms with Crippen LogP contribution in [-0.4, -0.2) is 53.4 Å². The summed E-state index contributed by atoms with van der Waals surface area (Å²) in [6.45, 7) is 7.92. The van der Waals surface area contributed by atoms with Gasteiger partial charge in [0.1, 0.15) is 6.61 Å². The van der Waals surface area contributed by atoms with Gasteiger partial charge in [-0.3, -0.25) is 4.79 Å². The Kier molecular flexibility index (Phi) is 5.53. The molecule has 7 heteroatoms. The van der Waals surface area contributed by atoms with Gasteiger partial charge in [0.15, 0.2) is 0 Å². The Morgan fingerprint density at radius 3 is 2.50 bits per heavy atom. The smallest absolute Gasteiger partial charge is 0.338 e. The van der Waals surface area contributed by atoms with E-state index in [9.17, 15) is 9.59 Å². The number of piperidine rings is 2. The summed E-state index contributed by atoms with van der Waals surface area (Å²) >= 11 is 0. The number of aryl methyl sites for hydroxylation is 1. The SMILES string of the molecule is Cc1c(CCN2CCC3(CC2)CCN(c2cnn(C)c(=O)c2)CC3)ccc2c1COC2=O. The maximum atomic E-state index is 11.9. The summed E-state index contributed by atoms with van der Waals surface area (Å²) < 4.78 is 6.57. The largest absolute Gasteiger partial charge is 0.457 e. The van der Waals surface area contributed by atoms with E-state index < -0.39 is 0 Å². The van der Waals surface area contributed by atoms with Crippen LogP contribution in [0, 0.1) is 12.3 Å². The van der Waals surface area contributed by atoms with Crippen LogP contribution in [0.15, 0.2) is 29.2 Å². The second-order valence-corrected chi connectivity index (χ2v) is 9.71. The average molecular weight is 437 g/mol. The van der Waals surface area contributed by atoms with Crippen molar-refractivity contribution in [2.75, 3.05) is 37.6 Å². The van der Waals surface area contributed by atoms with Crippen molar-refractivity contribution < 1.29 is 9.53 Å². The van der Waals surface area contributed by atoms with E-state index in [-0.39, 0.29) is 11.5 Å². The average Bonchev–Trinajstić information content (AvgIpc) is 3.18. The van der Waals surface area contributed by atoms with Gasteiger partial charge in [-0.25, -0.2) is 9.48 Å². The number of rotatable bonds is 4. The highest BCUT2D eigenvalue weighted by Crippen LogP contribution is 2.42. The first kappa shape index (κ1) is 21.2. The topological polar surface area (TPSA) is 67.7 Å². The summed E-state index contributed by atoms with van der Waals surface area (Å²) in [5.41, 5.74) is 5.72. The van der Waals surface area contributed by atoms with E-state index in [1.807, 2.05) is 12.3 Å². The Hall–Kier alpha value is -2.67. The Labute approximate surface area is 189 Å². The first-order chi connectivity index (χ1) is 15.4. The summed E-state index contributed by atoms with van der Waals surface area (Å²) in [7, 11) is 1.69. The Balaban J connectivity index is 1.13. The van der Waals surface area contributed by atoms with E-state index in [0.29, 0.717) is 12.0 Å². The number of benzene rings is 1. The zero-order chi connectivity index (χ0) is 22.3. The van der Waals surface area contributed by atoms with Crippen LogP contribution in [0.4, 0.5) is 5.69 Å². The van der Waals surface area contributed by atoms with E-state index in [4.69, 9.17) is 4.74 Å². The minimum atomic E-state index is -0.187. The molecule has 32 heavy (non-hydrogen) atoms. The molecule has 1 aromatic heterocycles.